The molecule has 0 bridgehead atoms. The van der Waals surface area contributed by atoms with Gasteiger partial charge in [0.05, 0.1) is 0 Å². The second kappa shape index (κ2) is 1.85. The van der Waals surface area contributed by atoms with Crippen molar-refractivity contribution in [3.05, 3.63) is 0 Å². The predicted octanol–water partition coefficient (Wildman–Crippen LogP) is -0.623. The summed E-state index contributed by atoms with van der Waals surface area (Å²) >= 11 is 0. The van der Waals surface area contributed by atoms with Crippen molar-refractivity contribution in [2.24, 2.45) is 16.5 Å². The predicted molar refractivity (Wildman–Crippen MR) is 31.4 cm³/mol. The molecule has 0 aliphatic heterocycles. The third-order valence-corrected chi connectivity index (χ3v) is 1.84. The molecule has 6 N–H and O–H groups in total. The van der Waals surface area contributed by atoms with Crippen molar-refractivity contribution in [2.45, 2.75) is 6.92 Å². The molecule has 3 nitrogen and oxygen atoms in total. The van der Waals surface area contributed by atoms with E-state index >= 15 is 0 Å². The molecule has 6 heavy (non-hydrogen) atoms. The van der Waals surface area contributed by atoms with Gasteiger partial charge in [0, 0.05) is 0 Å². The monoisotopic (exact) mass is 109 g/mol. The van der Waals surface area contributed by atoms with E-state index < -0.39 is 7.71 Å². The van der Waals surface area contributed by atoms with Crippen LogP contribution in [-0.4, -0.2) is 6.16 Å². The van der Waals surface area contributed by atoms with Crippen molar-refractivity contribution in [3.63, 3.8) is 0 Å². The van der Waals surface area contributed by atoms with E-state index in [2.05, 4.69) is 0 Å². The summed E-state index contributed by atoms with van der Waals surface area (Å²) in [5.74, 6) is 0. The Hall–Kier alpha value is 0.310. The van der Waals surface area contributed by atoms with Crippen LogP contribution in [0.15, 0.2) is 0 Å². The summed E-state index contributed by atoms with van der Waals surface area (Å²) in [6.45, 7) is 1.90. The zero-order valence-electron chi connectivity index (χ0n) is 3.94. The summed E-state index contributed by atoms with van der Waals surface area (Å²) in [7, 11) is -2.13. The molecule has 0 atom stereocenters. The summed E-state index contributed by atoms with van der Waals surface area (Å²) in [5, 5.41) is 0. The first-order valence-electron chi connectivity index (χ1n) is 1.93. The molecule has 0 rings (SSSR count). The van der Waals surface area contributed by atoms with Crippen molar-refractivity contribution < 1.29 is 0 Å². The Balaban J connectivity index is 3.17. The fraction of sp³-hybridized carbons (Fsp3) is 1.00. The molecular formula is C2H12N3P. The normalized spacial score (nSPS) is 14.7. The van der Waals surface area contributed by atoms with Gasteiger partial charge < -0.3 is 0 Å². The first kappa shape index (κ1) is 6.31. The molecule has 0 aliphatic carbocycles. The Kier molecular flexibility index (Phi) is 1.94. The molecule has 40 valence electrons. The average molecular weight is 109 g/mol. The molecule has 0 aliphatic rings. The van der Waals surface area contributed by atoms with Crippen molar-refractivity contribution >= 4 is 7.71 Å². The van der Waals surface area contributed by atoms with Crippen LogP contribution in [0, 0.1) is 0 Å². The van der Waals surface area contributed by atoms with Gasteiger partial charge in [-0.1, -0.05) is 0 Å². The van der Waals surface area contributed by atoms with Crippen LogP contribution in [0.2, 0.25) is 0 Å². The summed E-state index contributed by atoms with van der Waals surface area (Å²) in [6, 6.07) is 0. The second-order valence-corrected chi connectivity index (χ2v) is 4.40. The van der Waals surface area contributed by atoms with Crippen LogP contribution < -0.4 is 16.5 Å². The third-order valence-electron chi connectivity index (χ3n) is 0.612. The summed E-state index contributed by atoms with van der Waals surface area (Å²) < 4.78 is 0. The number of hydrogen-bond donors (Lipinski definition) is 3. The Bertz CT molecular complexity index is 38.5. The first-order chi connectivity index (χ1) is 2.56. The van der Waals surface area contributed by atoms with Gasteiger partial charge in [-0.15, -0.1) is 0 Å². The standard InChI is InChI=1S/C2H12N3P/c1-2-6(3,4)5/h6H,2-5H2,1H3. The summed E-state index contributed by atoms with van der Waals surface area (Å²) in [6.07, 6.45) is 0.743. The van der Waals surface area contributed by atoms with Gasteiger partial charge in [-0.3, -0.25) is 0 Å². The molecule has 0 aromatic rings. The van der Waals surface area contributed by atoms with Gasteiger partial charge >= 0.3 is 37.3 Å². The molecule has 0 spiro atoms. The fourth-order valence-electron chi connectivity index (χ4n) is 0. The van der Waals surface area contributed by atoms with Crippen LogP contribution in [0.25, 0.3) is 0 Å². The Morgan fingerprint density at radius 1 is 1.33 bits per heavy atom. The SMILES string of the molecule is CC[PH](N)(N)N. The summed E-state index contributed by atoms with van der Waals surface area (Å²) in [4.78, 5) is 0. The third kappa shape index (κ3) is 4.31. The van der Waals surface area contributed by atoms with Gasteiger partial charge in [0.15, 0.2) is 0 Å². The maximum atomic E-state index is 5.23. The first-order valence-corrected chi connectivity index (χ1v) is 4.37. The van der Waals surface area contributed by atoms with E-state index in [1.807, 2.05) is 6.92 Å². The molecule has 0 aromatic carbocycles. The van der Waals surface area contributed by atoms with Crippen LogP contribution in [0.1, 0.15) is 6.92 Å². The van der Waals surface area contributed by atoms with Gasteiger partial charge in [0.25, 0.3) is 0 Å². The van der Waals surface area contributed by atoms with E-state index in [1.54, 1.807) is 0 Å². The minimum atomic E-state index is -2.13. The molecule has 0 fully saturated rings. The van der Waals surface area contributed by atoms with Crippen LogP contribution in [0.3, 0.4) is 0 Å². The van der Waals surface area contributed by atoms with Gasteiger partial charge in [-0.2, -0.15) is 0 Å². The molecule has 4 heteroatoms. The van der Waals surface area contributed by atoms with Crippen LogP contribution >= 0.6 is 7.71 Å². The van der Waals surface area contributed by atoms with Crippen molar-refractivity contribution in [3.8, 4) is 0 Å². The molecule has 0 heterocycles. The van der Waals surface area contributed by atoms with Gasteiger partial charge in [0.1, 0.15) is 0 Å². The number of nitrogens with two attached hydrogens (primary N) is 3. The number of rotatable bonds is 1. The quantitative estimate of drug-likeness (QED) is 0.392. The van der Waals surface area contributed by atoms with Gasteiger partial charge in [0.2, 0.25) is 0 Å². The molecule has 0 radical (unpaired) electrons. The van der Waals surface area contributed by atoms with E-state index in [0.29, 0.717) is 0 Å². The van der Waals surface area contributed by atoms with Gasteiger partial charge in [-0.05, 0) is 0 Å². The average Bonchev–Trinajstić information content (AvgIpc) is 1.35. The number of hydrogen-bond acceptors (Lipinski definition) is 3. The molecular weight excluding hydrogens is 97.0 g/mol. The molecule has 0 saturated carbocycles. The van der Waals surface area contributed by atoms with Crippen molar-refractivity contribution in [1.29, 1.82) is 0 Å². The zero-order chi connectivity index (χ0) is 5.21. The Morgan fingerprint density at radius 2 is 1.50 bits per heavy atom. The molecule has 0 unspecified atom stereocenters. The van der Waals surface area contributed by atoms with E-state index in [4.69, 9.17) is 16.5 Å². The Morgan fingerprint density at radius 3 is 1.50 bits per heavy atom. The minimum absolute atomic E-state index is 0.743. The molecule has 0 amide bonds. The topological polar surface area (TPSA) is 78.1 Å². The van der Waals surface area contributed by atoms with Crippen molar-refractivity contribution in [1.82, 2.24) is 0 Å². The summed E-state index contributed by atoms with van der Waals surface area (Å²) in [5.41, 5.74) is 15.7. The zero-order valence-corrected chi connectivity index (χ0v) is 4.94. The molecule has 0 saturated heterocycles. The van der Waals surface area contributed by atoms with Gasteiger partial charge in [-0.25, -0.2) is 0 Å². The van der Waals surface area contributed by atoms with Crippen molar-refractivity contribution in [2.75, 3.05) is 6.16 Å². The van der Waals surface area contributed by atoms with Crippen LogP contribution in [-0.2, 0) is 0 Å². The van der Waals surface area contributed by atoms with E-state index in [0.717, 1.165) is 6.16 Å². The molecule has 0 aromatic heterocycles. The fourth-order valence-corrected chi connectivity index (χ4v) is 0. The Labute approximate surface area is 38.4 Å². The van der Waals surface area contributed by atoms with E-state index in [1.165, 1.54) is 0 Å². The maximum absolute atomic E-state index is 5.23. The van der Waals surface area contributed by atoms with Crippen LogP contribution in [0.4, 0.5) is 0 Å². The van der Waals surface area contributed by atoms with E-state index in [-0.39, 0.29) is 0 Å². The second-order valence-electron chi connectivity index (χ2n) is 1.47. The van der Waals surface area contributed by atoms with E-state index in [9.17, 15) is 0 Å². The van der Waals surface area contributed by atoms with Crippen LogP contribution in [0.5, 0.6) is 0 Å².